The highest BCUT2D eigenvalue weighted by molar-refractivity contribution is 7.92. The van der Waals surface area contributed by atoms with Crippen LogP contribution in [0.25, 0.3) is 0 Å². The SMILES string of the molecule is CCCS(=O)(=O)Nc1ccc(Nc2ccc(Cl)cc2C)nn1. The predicted octanol–water partition coefficient (Wildman–Crippen LogP) is 3.33. The Morgan fingerprint density at radius 3 is 2.41 bits per heavy atom. The second-order valence-electron chi connectivity index (χ2n) is 4.81. The van der Waals surface area contributed by atoms with Crippen LogP contribution in [0.15, 0.2) is 30.3 Å². The number of sulfonamides is 1. The summed E-state index contributed by atoms with van der Waals surface area (Å²) in [5.41, 5.74) is 1.83. The molecule has 0 fully saturated rings. The van der Waals surface area contributed by atoms with E-state index in [1.54, 1.807) is 25.1 Å². The van der Waals surface area contributed by atoms with Crippen LogP contribution in [-0.2, 0) is 10.0 Å². The highest BCUT2D eigenvalue weighted by Gasteiger charge is 2.10. The molecule has 0 bridgehead atoms. The molecule has 1 aromatic carbocycles. The topological polar surface area (TPSA) is 84.0 Å². The van der Waals surface area contributed by atoms with Gasteiger partial charge in [0.1, 0.15) is 0 Å². The Hall–Kier alpha value is -1.86. The number of aromatic nitrogens is 2. The maximum absolute atomic E-state index is 11.6. The van der Waals surface area contributed by atoms with Crippen molar-refractivity contribution in [3.8, 4) is 0 Å². The van der Waals surface area contributed by atoms with Crippen LogP contribution in [0.2, 0.25) is 5.02 Å². The van der Waals surface area contributed by atoms with E-state index in [9.17, 15) is 8.42 Å². The summed E-state index contributed by atoms with van der Waals surface area (Å²) >= 11 is 5.91. The Morgan fingerprint density at radius 2 is 1.82 bits per heavy atom. The molecule has 0 aliphatic heterocycles. The first-order valence-electron chi connectivity index (χ1n) is 6.77. The molecule has 0 aliphatic rings. The third kappa shape index (κ3) is 4.57. The zero-order valence-electron chi connectivity index (χ0n) is 12.3. The average molecular weight is 341 g/mol. The quantitative estimate of drug-likeness (QED) is 0.842. The Morgan fingerprint density at radius 1 is 1.14 bits per heavy atom. The van der Waals surface area contributed by atoms with Crippen molar-refractivity contribution < 1.29 is 8.42 Å². The van der Waals surface area contributed by atoms with E-state index < -0.39 is 10.0 Å². The number of rotatable bonds is 6. The van der Waals surface area contributed by atoms with Gasteiger partial charge in [-0.15, -0.1) is 10.2 Å². The summed E-state index contributed by atoms with van der Waals surface area (Å²) in [6.07, 6.45) is 0.540. The molecule has 6 nitrogen and oxygen atoms in total. The van der Waals surface area contributed by atoms with Crippen molar-refractivity contribution in [1.29, 1.82) is 0 Å². The molecule has 22 heavy (non-hydrogen) atoms. The molecule has 2 N–H and O–H groups in total. The summed E-state index contributed by atoms with van der Waals surface area (Å²) in [6, 6.07) is 8.68. The Balaban J connectivity index is 2.09. The number of halogens is 1. The number of hydrogen-bond donors (Lipinski definition) is 2. The summed E-state index contributed by atoms with van der Waals surface area (Å²) in [4.78, 5) is 0. The second-order valence-corrected chi connectivity index (χ2v) is 7.09. The van der Waals surface area contributed by atoms with Crippen molar-refractivity contribution in [3.63, 3.8) is 0 Å². The molecule has 1 aromatic heterocycles. The Kier molecular flexibility index (Phi) is 5.20. The molecule has 0 saturated heterocycles. The van der Waals surface area contributed by atoms with Crippen LogP contribution in [0.3, 0.4) is 0 Å². The smallest absolute Gasteiger partial charge is 0.233 e. The summed E-state index contributed by atoms with van der Waals surface area (Å²) in [5.74, 6) is 0.772. The van der Waals surface area contributed by atoms with Gasteiger partial charge in [-0.2, -0.15) is 0 Å². The summed E-state index contributed by atoms with van der Waals surface area (Å²) in [6.45, 7) is 3.72. The van der Waals surface area contributed by atoms with Gasteiger partial charge in [-0.05, 0) is 49.2 Å². The molecular formula is C14H17ClN4O2S. The summed E-state index contributed by atoms with van der Waals surface area (Å²) in [7, 11) is -3.36. The van der Waals surface area contributed by atoms with Gasteiger partial charge in [-0.1, -0.05) is 18.5 Å². The minimum atomic E-state index is -3.36. The van der Waals surface area contributed by atoms with E-state index in [2.05, 4.69) is 20.2 Å². The summed E-state index contributed by atoms with van der Waals surface area (Å²) < 4.78 is 25.7. The summed E-state index contributed by atoms with van der Waals surface area (Å²) in [5, 5.41) is 11.6. The maximum atomic E-state index is 11.6. The van der Waals surface area contributed by atoms with Crippen LogP contribution in [0.5, 0.6) is 0 Å². The molecule has 118 valence electrons. The molecule has 2 rings (SSSR count). The lowest BCUT2D eigenvalue weighted by Crippen LogP contribution is -2.17. The third-order valence-electron chi connectivity index (χ3n) is 2.85. The lowest BCUT2D eigenvalue weighted by atomic mass is 10.2. The minimum absolute atomic E-state index is 0.0542. The van der Waals surface area contributed by atoms with Gasteiger partial charge < -0.3 is 5.32 Å². The van der Waals surface area contributed by atoms with Gasteiger partial charge in [0.05, 0.1) is 5.75 Å². The monoisotopic (exact) mass is 340 g/mol. The third-order valence-corrected chi connectivity index (χ3v) is 4.55. The molecule has 8 heteroatoms. The Labute approximate surface area is 135 Å². The van der Waals surface area contributed by atoms with Gasteiger partial charge in [0.15, 0.2) is 11.6 Å². The highest BCUT2D eigenvalue weighted by atomic mass is 35.5. The van der Waals surface area contributed by atoms with Gasteiger partial charge in [0.2, 0.25) is 10.0 Å². The van der Waals surface area contributed by atoms with Gasteiger partial charge in [-0.3, -0.25) is 4.72 Å². The van der Waals surface area contributed by atoms with E-state index in [-0.39, 0.29) is 11.6 Å². The average Bonchev–Trinajstić information content (AvgIpc) is 2.43. The normalized spacial score (nSPS) is 11.2. The second kappa shape index (κ2) is 6.93. The first kappa shape index (κ1) is 16.5. The van der Waals surface area contributed by atoms with Crippen LogP contribution in [-0.4, -0.2) is 24.4 Å². The first-order chi connectivity index (χ1) is 10.4. The molecule has 0 amide bonds. The zero-order chi connectivity index (χ0) is 16.2. The van der Waals surface area contributed by atoms with E-state index in [1.165, 1.54) is 0 Å². The van der Waals surface area contributed by atoms with E-state index in [0.717, 1.165) is 11.3 Å². The van der Waals surface area contributed by atoms with Gasteiger partial charge in [0, 0.05) is 10.7 Å². The molecule has 0 spiro atoms. The molecule has 0 unspecified atom stereocenters. The lowest BCUT2D eigenvalue weighted by Gasteiger charge is -2.09. The fraction of sp³-hybridized carbons (Fsp3) is 0.286. The van der Waals surface area contributed by atoms with Crippen LogP contribution in [0, 0.1) is 6.92 Å². The minimum Gasteiger partial charge on any atom is -0.339 e. The molecule has 2 aromatic rings. The van der Waals surface area contributed by atoms with Crippen LogP contribution < -0.4 is 10.0 Å². The Bertz CT molecular complexity index is 748. The molecule has 0 radical (unpaired) electrons. The van der Waals surface area contributed by atoms with E-state index >= 15 is 0 Å². The van der Waals surface area contributed by atoms with Crippen LogP contribution in [0.4, 0.5) is 17.3 Å². The molecule has 0 aliphatic carbocycles. The highest BCUT2D eigenvalue weighted by Crippen LogP contribution is 2.22. The van der Waals surface area contributed by atoms with Gasteiger partial charge in [0.25, 0.3) is 0 Å². The van der Waals surface area contributed by atoms with Crippen molar-refractivity contribution in [2.24, 2.45) is 0 Å². The number of nitrogens with zero attached hydrogens (tertiary/aromatic N) is 2. The van der Waals surface area contributed by atoms with Crippen molar-refractivity contribution in [2.75, 3.05) is 15.8 Å². The van der Waals surface area contributed by atoms with E-state index in [4.69, 9.17) is 11.6 Å². The molecule has 0 atom stereocenters. The zero-order valence-corrected chi connectivity index (χ0v) is 13.9. The molecule has 0 saturated carbocycles. The fourth-order valence-electron chi connectivity index (χ4n) is 1.84. The van der Waals surface area contributed by atoms with Crippen LogP contribution >= 0.6 is 11.6 Å². The fourth-order valence-corrected chi connectivity index (χ4v) is 3.13. The number of hydrogen-bond acceptors (Lipinski definition) is 5. The van der Waals surface area contributed by atoms with Crippen LogP contribution in [0.1, 0.15) is 18.9 Å². The lowest BCUT2D eigenvalue weighted by molar-refractivity contribution is 0.599. The standard InChI is InChI=1S/C14H17ClN4O2S/c1-3-8-22(20,21)19-14-7-6-13(17-18-14)16-12-5-4-11(15)9-10(12)2/h4-7,9H,3,8H2,1-2H3,(H,16,17)(H,18,19). The van der Waals surface area contributed by atoms with Gasteiger partial charge in [-0.25, -0.2) is 8.42 Å². The maximum Gasteiger partial charge on any atom is 0.233 e. The largest absolute Gasteiger partial charge is 0.339 e. The van der Waals surface area contributed by atoms with Crippen molar-refractivity contribution in [1.82, 2.24) is 10.2 Å². The predicted molar refractivity (Wildman–Crippen MR) is 89.2 cm³/mol. The number of anilines is 3. The molecule has 1 heterocycles. The number of nitrogens with one attached hydrogen (secondary N) is 2. The number of benzene rings is 1. The van der Waals surface area contributed by atoms with Crippen molar-refractivity contribution in [2.45, 2.75) is 20.3 Å². The van der Waals surface area contributed by atoms with E-state index in [1.807, 2.05) is 19.1 Å². The van der Waals surface area contributed by atoms with E-state index in [0.29, 0.717) is 17.3 Å². The molecular weight excluding hydrogens is 324 g/mol. The van der Waals surface area contributed by atoms with Gasteiger partial charge >= 0.3 is 0 Å². The first-order valence-corrected chi connectivity index (χ1v) is 8.80. The number of aryl methyl sites for hydroxylation is 1. The van der Waals surface area contributed by atoms with Crippen molar-refractivity contribution >= 4 is 38.9 Å². The van der Waals surface area contributed by atoms with Crippen molar-refractivity contribution in [3.05, 3.63) is 40.9 Å².